The molecule has 158 valence electrons. The van der Waals surface area contributed by atoms with Gasteiger partial charge in [-0.3, -0.25) is 4.79 Å². The highest BCUT2D eigenvalue weighted by molar-refractivity contribution is 9.10. The molecule has 5 nitrogen and oxygen atoms in total. The Balaban J connectivity index is 1.41. The Hall–Kier alpha value is -3.35. The zero-order valence-electron chi connectivity index (χ0n) is 16.6. The number of carbonyl (C=O) groups excluding carboxylic acids is 2. The second kappa shape index (κ2) is 7.97. The molecule has 0 saturated carbocycles. The molecular weight excluding hydrogens is 496 g/mol. The molecule has 7 heteroatoms. The van der Waals surface area contributed by atoms with Crippen LogP contribution in [0.15, 0.2) is 75.3 Å². The lowest BCUT2D eigenvalue weighted by Gasteiger charge is -2.09. The highest BCUT2D eigenvalue weighted by Gasteiger charge is 2.31. The van der Waals surface area contributed by atoms with Crippen molar-refractivity contribution in [3.63, 3.8) is 0 Å². The lowest BCUT2D eigenvalue weighted by atomic mass is 10.1. The maximum absolute atomic E-state index is 12.8. The summed E-state index contributed by atoms with van der Waals surface area (Å²) in [5, 5.41) is 1.24. The van der Waals surface area contributed by atoms with Crippen LogP contribution in [0.5, 0.6) is 11.5 Å². The summed E-state index contributed by atoms with van der Waals surface area (Å²) in [7, 11) is 0. The summed E-state index contributed by atoms with van der Waals surface area (Å²) in [6.45, 7) is 1.73. The van der Waals surface area contributed by atoms with E-state index in [1.807, 2.05) is 24.3 Å². The van der Waals surface area contributed by atoms with Crippen LogP contribution in [0.3, 0.4) is 0 Å². The first-order chi connectivity index (χ1) is 15.4. The van der Waals surface area contributed by atoms with E-state index in [0.717, 1.165) is 10.0 Å². The quantitative estimate of drug-likeness (QED) is 0.169. The van der Waals surface area contributed by atoms with Crippen molar-refractivity contribution >= 4 is 56.3 Å². The SMILES string of the molecule is Cc1c(OC(=O)c2cc3cc(Cl)ccc3o2)ccc2c1O/C(=C\c1ccc(Br)cc1)C2=O. The number of fused-ring (bicyclic) bond motifs is 2. The molecule has 1 aromatic heterocycles. The minimum Gasteiger partial charge on any atom is -0.452 e. The van der Waals surface area contributed by atoms with Gasteiger partial charge in [0, 0.05) is 20.4 Å². The lowest BCUT2D eigenvalue weighted by Crippen LogP contribution is -2.08. The Bertz CT molecular complexity index is 1430. The Labute approximate surface area is 196 Å². The van der Waals surface area contributed by atoms with Crippen LogP contribution in [0, 0.1) is 6.92 Å². The average Bonchev–Trinajstić information content (AvgIpc) is 3.33. The number of hydrogen-bond acceptors (Lipinski definition) is 5. The number of benzene rings is 3. The molecule has 32 heavy (non-hydrogen) atoms. The molecule has 0 atom stereocenters. The summed E-state index contributed by atoms with van der Waals surface area (Å²) in [4.78, 5) is 25.4. The van der Waals surface area contributed by atoms with Gasteiger partial charge in [-0.05, 0) is 67.1 Å². The van der Waals surface area contributed by atoms with Gasteiger partial charge in [0.1, 0.15) is 17.1 Å². The summed E-state index contributed by atoms with van der Waals surface area (Å²) >= 11 is 9.38. The molecule has 0 unspecified atom stereocenters. The molecule has 0 amide bonds. The minimum atomic E-state index is -0.657. The summed E-state index contributed by atoms with van der Waals surface area (Å²) in [5.41, 5.74) is 2.33. The van der Waals surface area contributed by atoms with E-state index in [1.165, 1.54) is 0 Å². The monoisotopic (exact) mass is 508 g/mol. The van der Waals surface area contributed by atoms with Gasteiger partial charge in [0.15, 0.2) is 5.76 Å². The minimum absolute atomic E-state index is 0.0509. The van der Waals surface area contributed by atoms with Crippen LogP contribution in [-0.4, -0.2) is 11.8 Å². The van der Waals surface area contributed by atoms with E-state index in [1.54, 1.807) is 49.4 Å². The maximum Gasteiger partial charge on any atom is 0.379 e. The molecule has 0 spiro atoms. The zero-order valence-corrected chi connectivity index (χ0v) is 19.0. The fourth-order valence-electron chi connectivity index (χ4n) is 3.45. The molecular formula is C25H14BrClO5. The summed E-state index contributed by atoms with van der Waals surface area (Å²) in [5.74, 6) is 0.0383. The Morgan fingerprint density at radius 2 is 1.84 bits per heavy atom. The second-order valence-electron chi connectivity index (χ2n) is 7.24. The van der Waals surface area contributed by atoms with E-state index in [-0.39, 0.29) is 23.1 Å². The molecule has 0 N–H and O–H groups in total. The van der Waals surface area contributed by atoms with E-state index in [0.29, 0.717) is 32.9 Å². The van der Waals surface area contributed by atoms with Gasteiger partial charge < -0.3 is 13.9 Å². The topological polar surface area (TPSA) is 65.7 Å². The third-order valence-corrected chi connectivity index (χ3v) is 5.85. The Kier molecular flexibility index (Phi) is 5.12. The van der Waals surface area contributed by atoms with Gasteiger partial charge in [-0.1, -0.05) is 39.7 Å². The molecule has 1 aliphatic rings. The molecule has 0 fully saturated rings. The van der Waals surface area contributed by atoms with Crippen LogP contribution >= 0.6 is 27.5 Å². The van der Waals surface area contributed by atoms with E-state index in [9.17, 15) is 9.59 Å². The number of esters is 1. The fraction of sp³-hybridized carbons (Fsp3) is 0.0400. The molecule has 0 bridgehead atoms. The molecule has 3 aromatic carbocycles. The first-order valence-corrected chi connectivity index (χ1v) is 10.8. The standard InChI is InChI=1S/C25H14BrClO5/c1-13-19(32-25(29)22-12-15-11-17(27)6-8-20(15)30-22)9-7-18-23(28)21(31-24(13)18)10-14-2-4-16(26)5-3-14/h2-12H,1H3/b21-10-. The lowest BCUT2D eigenvalue weighted by molar-refractivity contribution is 0.0702. The second-order valence-corrected chi connectivity index (χ2v) is 8.59. The number of rotatable bonds is 3. The maximum atomic E-state index is 12.8. The fourth-order valence-corrected chi connectivity index (χ4v) is 3.90. The van der Waals surface area contributed by atoms with E-state index < -0.39 is 5.97 Å². The van der Waals surface area contributed by atoms with Gasteiger partial charge in [-0.2, -0.15) is 0 Å². The van der Waals surface area contributed by atoms with Gasteiger partial charge in [-0.25, -0.2) is 4.79 Å². The summed E-state index contributed by atoms with van der Waals surface area (Å²) in [6.07, 6.45) is 1.68. The Morgan fingerprint density at radius 1 is 1.06 bits per heavy atom. The molecule has 0 aliphatic carbocycles. The van der Waals surface area contributed by atoms with Crippen LogP contribution in [0.2, 0.25) is 5.02 Å². The summed E-state index contributed by atoms with van der Waals surface area (Å²) in [6, 6.07) is 17.3. The molecule has 5 rings (SSSR count). The van der Waals surface area contributed by atoms with Crippen LogP contribution in [0.4, 0.5) is 0 Å². The first-order valence-electron chi connectivity index (χ1n) is 9.64. The van der Waals surface area contributed by atoms with Crippen molar-refractivity contribution in [1.29, 1.82) is 0 Å². The van der Waals surface area contributed by atoms with E-state index >= 15 is 0 Å². The van der Waals surface area contributed by atoms with Crippen molar-refractivity contribution in [1.82, 2.24) is 0 Å². The number of furan rings is 1. The van der Waals surface area contributed by atoms with Crippen molar-refractivity contribution < 1.29 is 23.5 Å². The highest BCUT2D eigenvalue weighted by atomic mass is 79.9. The predicted octanol–water partition coefficient (Wildman–Crippen LogP) is 6.99. The van der Waals surface area contributed by atoms with Gasteiger partial charge in [0.25, 0.3) is 0 Å². The third-order valence-electron chi connectivity index (χ3n) is 5.09. The van der Waals surface area contributed by atoms with Gasteiger partial charge >= 0.3 is 5.97 Å². The Morgan fingerprint density at radius 3 is 2.62 bits per heavy atom. The smallest absolute Gasteiger partial charge is 0.379 e. The molecule has 1 aliphatic heterocycles. The zero-order chi connectivity index (χ0) is 22.4. The van der Waals surface area contributed by atoms with Crippen LogP contribution in [0.25, 0.3) is 17.0 Å². The molecule has 2 heterocycles. The van der Waals surface area contributed by atoms with Crippen LogP contribution < -0.4 is 9.47 Å². The number of carbonyl (C=O) groups is 2. The summed E-state index contributed by atoms with van der Waals surface area (Å²) < 4.78 is 17.9. The van der Waals surface area contributed by atoms with Crippen molar-refractivity contribution in [2.24, 2.45) is 0 Å². The van der Waals surface area contributed by atoms with E-state index in [4.69, 9.17) is 25.5 Å². The van der Waals surface area contributed by atoms with Crippen LogP contribution in [-0.2, 0) is 0 Å². The normalized spacial score (nSPS) is 14.0. The number of halogens is 2. The number of allylic oxidation sites excluding steroid dienone is 1. The highest BCUT2D eigenvalue weighted by Crippen LogP contribution is 2.39. The molecule has 4 aromatic rings. The average molecular weight is 510 g/mol. The van der Waals surface area contributed by atoms with Crippen molar-refractivity contribution in [2.45, 2.75) is 6.92 Å². The first kappa shape index (κ1) is 20.5. The van der Waals surface area contributed by atoms with Crippen molar-refractivity contribution in [3.05, 3.63) is 98.4 Å². The van der Waals surface area contributed by atoms with E-state index in [2.05, 4.69) is 15.9 Å². The number of ether oxygens (including phenoxy) is 2. The van der Waals surface area contributed by atoms with Gasteiger partial charge in [-0.15, -0.1) is 0 Å². The predicted molar refractivity (Wildman–Crippen MR) is 124 cm³/mol. The number of Topliss-reactive ketones (excluding diaryl/α,β-unsaturated/α-hetero) is 1. The largest absolute Gasteiger partial charge is 0.452 e. The van der Waals surface area contributed by atoms with Gasteiger partial charge in [0.2, 0.25) is 11.5 Å². The van der Waals surface area contributed by atoms with Crippen molar-refractivity contribution in [2.75, 3.05) is 0 Å². The van der Waals surface area contributed by atoms with Crippen molar-refractivity contribution in [3.8, 4) is 11.5 Å². The number of hydrogen-bond donors (Lipinski definition) is 0. The van der Waals surface area contributed by atoms with Crippen LogP contribution in [0.1, 0.15) is 32.0 Å². The molecule has 0 saturated heterocycles. The molecule has 0 radical (unpaired) electrons. The number of ketones is 1. The van der Waals surface area contributed by atoms with Gasteiger partial charge in [0.05, 0.1) is 5.56 Å². The third kappa shape index (κ3) is 3.72.